The lowest BCUT2D eigenvalue weighted by Gasteiger charge is -2.20. The Morgan fingerprint density at radius 3 is 2.70 bits per heavy atom. The zero-order chi connectivity index (χ0) is 14.7. The fourth-order valence-electron chi connectivity index (χ4n) is 2.83. The summed E-state index contributed by atoms with van der Waals surface area (Å²) in [7, 11) is 1.68. The molecule has 0 aliphatic heterocycles. The van der Waals surface area contributed by atoms with Crippen LogP contribution in [-0.2, 0) is 4.79 Å². The normalized spacial score (nSPS) is 22.4. The quantitative estimate of drug-likeness (QED) is 0.864. The molecular weight excluding hydrogens is 250 g/mol. The fourth-order valence-corrected chi connectivity index (χ4v) is 2.83. The number of para-hydroxylation sites is 1. The number of amides is 1. The summed E-state index contributed by atoms with van der Waals surface area (Å²) in [6.07, 6.45) is 1.91. The lowest BCUT2D eigenvalue weighted by atomic mass is 10.0. The van der Waals surface area contributed by atoms with Gasteiger partial charge in [-0.1, -0.05) is 39.0 Å². The third kappa shape index (κ3) is 3.14. The summed E-state index contributed by atoms with van der Waals surface area (Å²) in [5, 5.41) is 3.19. The van der Waals surface area contributed by atoms with Gasteiger partial charge < -0.3 is 10.1 Å². The Morgan fingerprint density at radius 1 is 1.40 bits per heavy atom. The van der Waals surface area contributed by atoms with Crippen LogP contribution in [0.25, 0.3) is 0 Å². The molecular formula is C17H25NO2. The van der Waals surface area contributed by atoms with Crippen molar-refractivity contribution in [1.82, 2.24) is 5.32 Å². The second-order valence-corrected chi connectivity index (χ2v) is 5.96. The highest BCUT2D eigenvalue weighted by atomic mass is 16.5. The molecule has 1 aliphatic carbocycles. The monoisotopic (exact) mass is 275 g/mol. The van der Waals surface area contributed by atoms with Gasteiger partial charge in [0.1, 0.15) is 5.75 Å². The lowest BCUT2D eigenvalue weighted by Crippen LogP contribution is -2.39. The minimum Gasteiger partial charge on any atom is -0.496 e. The molecule has 0 aromatic heterocycles. The molecule has 1 aromatic carbocycles. The second kappa shape index (κ2) is 6.29. The van der Waals surface area contributed by atoms with Crippen LogP contribution in [-0.4, -0.2) is 19.1 Å². The average molecular weight is 275 g/mol. The number of nitrogens with one attached hydrogen (secondary N) is 1. The Hall–Kier alpha value is -1.51. The Bertz CT molecular complexity index is 470. The summed E-state index contributed by atoms with van der Waals surface area (Å²) in [5.41, 5.74) is 1.16. The van der Waals surface area contributed by atoms with Crippen molar-refractivity contribution in [3.8, 4) is 5.75 Å². The molecule has 0 unspecified atom stereocenters. The second-order valence-electron chi connectivity index (χ2n) is 5.96. The van der Waals surface area contributed by atoms with Crippen molar-refractivity contribution in [3.63, 3.8) is 0 Å². The van der Waals surface area contributed by atoms with E-state index in [2.05, 4.69) is 32.2 Å². The Kier molecular flexibility index (Phi) is 4.69. The average Bonchev–Trinajstić information content (AvgIpc) is 3.24. The van der Waals surface area contributed by atoms with Gasteiger partial charge in [-0.25, -0.2) is 0 Å². The summed E-state index contributed by atoms with van der Waals surface area (Å²) >= 11 is 0. The molecule has 0 bridgehead atoms. The van der Waals surface area contributed by atoms with E-state index < -0.39 is 0 Å². The number of hydrogen-bond donors (Lipinski definition) is 1. The lowest BCUT2D eigenvalue weighted by molar-refractivity contribution is -0.123. The van der Waals surface area contributed by atoms with Crippen molar-refractivity contribution in [3.05, 3.63) is 29.8 Å². The molecule has 0 spiro atoms. The molecule has 3 atom stereocenters. The van der Waals surface area contributed by atoms with Gasteiger partial charge in [-0.3, -0.25) is 4.79 Å². The molecule has 1 aromatic rings. The SMILES string of the molecule is CC[C@H](NC(=O)[C@H]1C[C@H]1c1ccccc1OC)C(C)C. The summed E-state index contributed by atoms with van der Waals surface area (Å²) in [6.45, 7) is 6.42. The Morgan fingerprint density at radius 2 is 2.10 bits per heavy atom. The highest BCUT2D eigenvalue weighted by Gasteiger charge is 2.45. The minimum absolute atomic E-state index is 0.110. The summed E-state index contributed by atoms with van der Waals surface area (Å²) in [4.78, 5) is 12.3. The van der Waals surface area contributed by atoms with Gasteiger partial charge in [0.05, 0.1) is 7.11 Å². The van der Waals surface area contributed by atoms with Crippen LogP contribution in [0.15, 0.2) is 24.3 Å². The van der Waals surface area contributed by atoms with Crippen LogP contribution in [0.5, 0.6) is 5.75 Å². The van der Waals surface area contributed by atoms with E-state index in [0.717, 1.165) is 24.2 Å². The molecule has 20 heavy (non-hydrogen) atoms. The van der Waals surface area contributed by atoms with Gasteiger partial charge >= 0.3 is 0 Å². The molecule has 1 saturated carbocycles. The molecule has 0 saturated heterocycles. The van der Waals surface area contributed by atoms with Crippen LogP contribution in [0.3, 0.4) is 0 Å². The van der Waals surface area contributed by atoms with E-state index in [4.69, 9.17) is 4.74 Å². The summed E-state index contributed by atoms with van der Waals surface area (Å²) < 4.78 is 5.38. The van der Waals surface area contributed by atoms with Gasteiger partial charge in [0.25, 0.3) is 0 Å². The van der Waals surface area contributed by atoms with E-state index in [-0.39, 0.29) is 17.9 Å². The molecule has 1 fully saturated rings. The van der Waals surface area contributed by atoms with E-state index in [1.54, 1.807) is 7.11 Å². The van der Waals surface area contributed by atoms with Crippen LogP contribution in [0.2, 0.25) is 0 Å². The Balaban J connectivity index is 1.99. The Labute approximate surface area is 121 Å². The molecule has 1 N–H and O–H groups in total. The highest BCUT2D eigenvalue weighted by molar-refractivity contribution is 5.83. The van der Waals surface area contributed by atoms with Crippen LogP contribution < -0.4 is 10.1 Å². The predicted molar refractivity (Wildman–Crippen MR) is 80.9 cm³/mol. The van der Waals surface area contributed by atoms with Crippen molar-refractivity contribution in [1.29, 1.82) is 0 Å². The summed E-state index contributed by atoms with van der Waals surface area (Å²) in [5.74, 6) is 1.99. The maximum Gasteiger partial charge on any atom is 0.223 e. The number of rotatable bonds is 6. The van der Waals surface area contributed by atoms with Crippen molar-refractivity contribution >= 4 is 5.91 Å². The van der Waals surface area contributed by atoms with Gasteiger partial charge in [-0.05, 0) is 36.3 Å². The van der Waals surface area contributed by atoms with Crippen molar-refractivity contribution < 1.29 is 9.53 Å². The first-order valence-electron chi connectivity index (χ1n) is 7.51. The van der Waals surface area contributed by atoms with Crippen LogP contribution in [0.4, 0.5) is 0 Å². The van der Waals surface area contributed by atoms with Crippen LogP contribution in [0, 0.1) is 11.8 Å². The first-order valence-corrected chi connectivity index (χ1v) is 7.51. The van der Waals surface area contributed by atoms with Crippen molar-refractivity contribution in [2.45, 2.75) is 45.6 Å². The number of carbonyl (C=O) groups excluding carboxylic acids is 1. The van der Waals surface area contributed by atoms with Crippen molar-refractivity contribution in [2.75, 3.05) is 7.11 Å². The number of benzene rings is 1. The maximum atomic E-state index is 12.3. The fraction of sp³-hybridized carbons (Fsp3) is 0.588. The molecule has 0 radical (unpaired) electrons. The molecule has 2 rings (SSSR count). The third-order valence-electron chi connectivity index (χ3n) is 4.24. The predicted octanol–water partition coefficient (Wildman–Crippen LogP) is 3.35. The molecule has 110 valence electrons. The van der Waals surface area contributed by atoms with Gasteiger partial charge in [0, 0.05) is 12.0 Å². The number of carbonyl (C=O) groups is 1. The third-order valence-corrected chi connectivity index (χ3v) is 4.24. The van der Waals surface area contributed by atoms with E-state index in [1.165, 1.54) is 0 Å². The van der Waals surface area contributed by atoms with Gasteiger partial charge in [-0.15, -0.1) is 0 Å². The zero-order valence-corrected chi connectivity index (χ0v) is 12.8. The zero-order valence-electron chi connectivity index (χ0n) is 12.8. The maximum absolute atomic E-state index is 12.3. The molecule has 3 nitrogen and oxygen atoms in total. The number of hydrogen-bond acceptors (Lipinski definition) is 2. The summed E-state index contributed by atoms with van der Waals surface area (Å²) in [6, 6.07) is 8.28. The van der Waals surface area contributed by atoms with Crippen LogP contribution >= 0.6 is 0 Å². The highest BCUT2D eigenvalue weighted by Crippen LogP contribution is 2.50. The molecule has 0 heterocycles. The van der Waals surface area contributed by atoms with E-state index in [9.17, 15) is 4.79 Å². The molecule has 3 heteroatoms. The van der Waals surface area contributed by atoms with Gasteiger partial charge in [0.15, 0.2) is 0 Å². The van der Waals surface area contributed by atoms with Crippen LogP contribution in [0.1, 0.15) is 45.1 Å². The molecule has 1 amide bonds. The largest absolute Gasteiger partial charge is 0.496 e. The minimum atomic E-state index is 0.110. The number of methoxy groups -OCH3 is 1. The number of ether oxygens (including phenoxy) is 1. The van der Waals surface area contributed by atoms with E-state index in [0.29, 0.717) is 11.8 Å². The molecule has 1 aliphatic rings. The van der Waals surface area contributed by atoms with Gasteiger partial charge in [0.2, 0.25) is 5.91 Å². The first kappa shape index (κ1) is 14.9. The standard InChI is InChI=1S/C17H25NO2/c1-5-15(11(2)3)18-17(19)14-10-13(14)12-8-6-7-9-16(12)20-4/h6-9,11,13-15H,5,10H2,1-4H3,(H,18,19)/t13-,14-,15-/m0/s1. The van der Waals surface area contributed by atoms with E-state index >= 15 is 0 Å². The van der Waals surface area contributed by atoms with E-state index in [1.807, 2.05) is 18.2 Å². The smallest absolute Gasteiger partial charge is 0.223 e. The first-order chi connectivity index (χ1) is 9.58. The van der Waals surface area contributed by atoms with Crippen molar-refractivity contribution in [2.24, 2.45) is 11.8 Å². The van der Waals surface area contributed by atoms with Gasteiger partial charge in [-0.2, -0.15) is 0 Å². The topological polar surface area (TPSA) is 38.3 Å².